The highest BCUT2D eigenvalue weighted by Gasteiger charge is 2.22. The summed E-state index contributed by atoms with van der Waals surface area (Å²) in [4.78, 5) is 10.0. The van der Waals surface area contributed by atoms with Crippen LogP contribution in [-0.4, -0.2) is 10.0 Å². The molecule has 0 aliphatic heterocycles. The van der Waals surface area contributed by atoms with Gasteiger partial charge in [0, 0.05) is 6.07 Å². The lowest BCUT2D eigenvalue weighted by atomic mass is 9.86. The third-order valence-electron chi connectivity index (χ3n) is 2.18. The molecule has 1 rings (SSSR count). The van der Waals surface area contributed by atoms with E-state index in [1.165, 1.54) is 6.07 Å². The molecule has 5 nitrogen and oxygen atoms in total. The SMILES string of the molecule is CC(C)(C)c1cc(N)c(O)c([N+](=O)[O-])c1. The van der Waals surface area contributed by atoms with E-state index in [1.54, 1.807) is 6.07 Å². The van der Waals surface area contributed by atoms with E-state index in [-0.39, 0.29) is 16.8 Å². The Labute approximate surface area is 87.7 Å². The van der Waals surface area contributed by atoms with Crippen LogP contribution in [0.4, 0.5) is 11.4 Å². The summed E-state index contributed by atoms with van der Waals surface area (Å²) in [5.74, 6) is -0.465. The van der Waals surface area contributed by atoms with Gasteiger partial charge >= 0.3 is 5.69 Å². The number of aromatic hydroxyl groups is 1. The molecule has 0 radical (unpaired) electrons. The number of phenols is 1. The fourth-order valence-electron chi connectivity index (χ4n) is 1.21. The minimum atomic E-state index is -0.638. The maximum Gasteiger partial charge on any atom is 0.313 e. The topological polar surface area (TPSA) is 89.4 Å². The lowest BCUT2D eigenvalue weighted by molar-refractivity contribution is -0.385. The fourth-order valence-corrected chi connectivity index (χ4v) is 1.21. The van der Waals surface area contributed by atoms with Crippen molar-refractivity contribution >= 4 is 11.4 Å². The second-order valence-corrected chi connectivity index (χ2v) is 4.44. The third-order valence-corrected chi connectivity index (χ3v) is 2.18. The van der Waals surface area contributed by atoms with Crippen LogP contribution in [0.3, 0.4) is 0 Å². The van der Waals surface area contributed by atoms with Crippen LogP contribution >= 0.6 is 0 Å². The zero-order chi connectivity index (χ0) is 11.8. The van der Waals surface area contributed by atoms with Crippen LogP contribution in [0.2, 0.25) is 0 Å². The fraction of sp³-hybridized carbons (Fsp3) is 0.400. The summed E-state index contributed by atoms with van der Waals surface area (Å²) in [6.45, 7) is 5.76. The molecule has 0 aliphatic rings. The summed E-state index contributed by atoms with van der Waals surface area (Å²) in [5, 5.41) is 20.0. The first kappa shape index (κ1) is 11.3. The van der Waals surface area contributed by atoms with Gasteiger partial charge in [0.1, 0.15) is 0 Å². The van der Waals surface area contributed by atoms with Gasteiger partial charge in [-0.3, -0.25) is 10.1 Å². The van der Waals surface area contributed by atoms with E-state index >= 15 is 0 Å². The van der Waals surface area contributed by atoms with Gasteiger partial charge in [-0.05, 0) is 17.0 Å². The first-order valence-corrected chi connectivity index (χ1v) is 4.51. The maximum absolute atomic E-state index is 10.6. The Bertz CT molecular complexity index is 408. The summed E-state index contributed by atoms with van der Waals surface area (Å²) in [5.41, 5.74) is 5.67. The smallest absolute Gasteiger partial charge is 0.313 e. The van der Waals surface area contributed by atoms with E-state index in [1.807, 2.05) is 20.8 Å². The monoisotopic (exact) mass is 210 g/mol. The number of hydrogen-bond acceptors (Lipinski definition) is 4. The molecule has 0 fully saturated rings. The standard InChI is InChI=1S/C10H14N2O3/c1-10(2,3)6-4-7(11)9(13)8(5-6)12(14)15/h4-5,13H,11H2,1-3H3. The van der Waals surface area contributed by atoms with Gasteiger partial charge < -0.3 is 10.8 Å². The second-order valence-electron chi connectivity index (χ2n) is 4.44. The van der Waals surface area contributed by atoms with Crippen molar-refractivity contribution in [2.45, 2.75) is 26.2 Å². The molecule has 1 aromatic carbocycles. The zero-order valence-corrected chi connectivity index (χ0v) is 8.94. The van der Waals surface area contributed by atoms with Crippen molar-refractivity contribution in [3.63, 3.8) is 0 Å². The first-order chi connectivity index (χ1) is 6.73. The largest absolute Gasteiger partial charge is 0.501 e. The van der Waals surface area contributed by atoms with Crippen LogP contribution in [0.5, 0.6) is 5.75 Å². The highest BCUT2D eigenvalue weighted by Crippen LogP contribution is 2.36. The van der Waals surface area contributed by atoms with E-state index in [4.69, 9.17) is 5.73 Å². The van der Waals surface area contributed by atoms with Crippen molar-refractivity contribution in [3.8, 4) is 5.75 Å². The van der Waals surface area contributed by atoms with Crippen molar-refractivity contribution in [2.75, 3.05) is 5.73 Å². The molecule has 82 valence electrons. The number of nitrogens with two attached hydrogens (primary N) is 1. The average Bonchev–Trinajstić information content (AvgIpc) is 2.06. The molecule has 15 heavy (non-hydrogen) atoms. The normalized spacial score (nSPS) is 11.4. The summed E-state index contributed by atoms with van der Waals surface area (Å²) in [6.07, 6.45) is 0. The number of nitro groups is 1. The average molecular weight is 210 g/mol. The lowest BCUT2D eigenvalue weighted by Gasteiger charge is -2.19. The lowest BCUT2D eigenvalue weighted by Crippen LogP contribution is -2.12. The number of nitro benzene ring substituents is 1. The van der Waals surface area contributed by atoms with Gasteiger partial charge in [0.25, 0.3) is 0 Å². The Hall–Kier alpha value is -1.78. The first-order valence-electron chi connectivity index (χ1n) is 4.51. The molecular weight excluding hydrogens is 196 g/mol. The molecule has 0 aromatic heterocycles. The van der Waals surface area contributed by atoms with Gasteiger partial charge in [-0.1, -0.05) is 20.8 Å². The molecule has 0 bridgehead atoms. The number of anilines is 1. The zero-order valence-electron chi connectivity index (χ0n) is 8.94. The molecule has 0 aliphatic carbocycles. The minimum Gasteiger partial charge on any atom is -0.501 e. The van der Waals surface area contributed by atoms with Crippen molar-refractivity contribution in [2.24, 2.45) is 0 Å². The molecule has 0 saturated carbocycles. The molecule has 5 heteroatoms. The Balaban J connectivity index is 3.43. The van der Waals surface area contributed by atoms with Crippen LogP contribution < -0.4 is 5.73 Å². The highest BCUT2D eigenvalue weighted by molar-refractivity contribution is 5.65. The number of rotatable bonds is 1. The van der Waals surface area contributed by atoms with Crippen molar-refractivity contribution in [1.29, 1.82) is 0 Å². The highest BCUT2D eigenvalue weighted by atomic mass is 16.6. The van der Waals surface area contributed by atoms with Gasteiger partial charge in [-0.2, -0.15) is 0 Å². The van der Waals surface area contributed by atoms with Crippen molar-refractivity contribution < 1.29 is 10.0 Å². The molecule has 0 amide bonds. The molecule has 0 atom stereocenters. The Morgan fingerprint density at radius 1 is 1.40 bits per heavy atom. The van der Waals surface area contributed by atoms with Gasteiger partial charge in [-0.15, -0.1) is 0 Å². The number of phenolic OH excluding ortho intramolecular Hbond substituents is 1. The Morgan fingerprint density at radius 3 is 2.33 bits per heavy atom. The van der Waals surface area contributed by atoms with Gasteiger partial charge in [-0.25, -0.2) is 0 Å². The Kier molecular flexibility index (Phi) is 2.57. The van der Waals surface area contributed by atoms with Crippen molar-refractivity contribution in [3.05, 3.63) is 27.8 Å². The predicted octanol–water partition coefficient (Wildman–Crippen LogP) is 2.18. The molecule has 0 heterocycles. The molecule has 1 aromatic rings. The Morgan fingerprint density at radius 2 is 1.93 bits per heavy atom. The van der Waals surface area contributed by atoms with Gasteiger partial charge in [0.2, 0.25) is 5.75 Å². The summed E-state index contributed by atoms with van der Waals surface area (Å²) in [6, 6.07) is 2.91. The number of benzene rings is 1. The van der Waals surface area contributed by atoms with Crippen LogP contribution in [0.1, 0.15) is 26.3 Å². The van der Waals surface area contributed by atoms with Crippen LogP contribution in [0, 0.1) is 10.1 Å². The van der Waals surface area contributed by atoms with Gasteiger partial charge in [0.05, 0.1) is 10.6 Å². The molecule has 3 N–H and O–H groups in total. The molecule has 0 unspecified atom stereocenters. The third kappa shape index (κ3) is 2.18. The number of hydrogen-bond donors (Lipinski definition) is 2. The maximum atomic E-state index is 10.6. The van der Waals surface area contributed by atoms with E-state index < -0.39 is 10.7 Å². The van der Waals surface area contributed by atoms with Crippen LogP contribution in [0.15, 0.2) is 12.1 Å². The predicted molar refractivity (Wildman–Crippen MR) is 57.9 cm³/mol. The molecular formula is C10H14N2O3. The van der Waals surface area contributed by atoms with E-state index in [0.717, 1.165) is 5.56 Å². The van der Waals surface area contributed by atoms with E-state index in [0.29, 0.717) is 0 Å². The molecule has 0 spiro atoms. The summed E-state index contributed by atoms with van der Waals surface area (Å²) >= 11 is 0. The van der Waals surface area contributed by atoms with Crippen LogP contribution in [-0.2, 0) is 5.41 Å². The summed E-state index contributed by atoms with van der Waals surface area (Å²) < 4.78 is 0. The quantitative estimate of drug-likeness (QED) is 0.322. The number of nitrogens with zero attached hydrogens (tertiary/aromatic N) is 1. The minimum absolute atomic E-state index is 0.0362. The van der Waals surface area contributed by atoms with E-state index in [2.05, 4.69) is 0 Å². The molecule has 0 saturated heterocycles. The van der Waals surface area contributed by atoms with Crippen molar-refractivity contribution in [1.82, 2.24) is 0 Å². The number of nitrogen functional groups attached to an aromatic ring is 1. The van der Waals surface area contributed by atoms with E-state index in [9.17, 15) is 15.2 Å². The van der Waals surface area contributed by atoms with Crippen LogP contribution in [0.25, 0.3) is 0 Å². The van der Waals surface area contributed by atoms with Gasteiger partial charge in [0.15, 0.2) is 0 Å². The second kappa shape index (κ2) is 3.42. The summed E-state index contributed by atoms with van der Waals surface area (Å²) in [7, 11) is 0.